The van der Waals surface area contributed by atoms with Crippen molar-refractivity contribution in [2.75, 3.05) is 26.8 Å². The second-order valence-electron chi connectivity index (χ2n) is 4.39. The molecule has 1 aromatic heterocycles. The third kappa shape index (κ3) is 2.17. The minimum atomic E-state index is 0.0989. The maximum absolute atomic E-state index is 5.74. The molecule has 3 rings (SSSR count). The van der Waals surface area contributed by atoms with E-state index in [1.807, 2.05) is 24.4 Å². The van der Waals surface area contributed by atoms with E-state index < -0.39 is 0 Å². The second-order valence-corrected chi connectivity index (χ2v) is 4.39. The van der Waals surface area contributed by atoms with Gasteiger partial charge in [0, 0.05) is 30.2 Å². The van der Waals surface area contributed by atoms with E-state index in [1.54, 1.807) is 7.11 Å². The Labute approximate surface area is 106 Å². The number of morpholine rings is 1. The monoisotopic (exact) mass is 244 g/mol. The summed E-state index contributed by atoms with van der Waals surface area (Å²) in [6, 6.07) is 8.02. The van der Waals surface area contributed by atoms with Gasteiger partial charge in [0.05, 0.1) is 25.3 Å². The molecule has 1 saturated heterocycles. The molecule has 94 valence electrons. The molecule has 0 aliphatic carbocycles. The third-order valence-electron chi connectivity index (χ3n) is 3.21. The summed E-state index contributed by atoms with van der Waals surface area (Å²) >= 11 is 0. The highest BCUT2D eigenvalue weighted by Crippen LogP contribution is 2.24. The summed E-state index contributed by atoms with van der Waals surface area (Å²) < 4.78 is 11.0. The van der Waals surface area contributed by atoms with Gasteiger partial charge in [-0.05, 0) is 24.3 Å². The quantitative estimate of drug-likeness (QED) is 0.876. The van der Waals surface area contributed by atoms with Gasteiger partial charge in [-0.1, -0.05) is 0 Å². The van der Waals surface area contributed by atoms with E-state index in [2.05, 4.69) is 16.4 Å². The van der Waals surface area contributed by atoms with Crippen LogP contribution in [0.4, 0.5) is 0 Å². The third-order valence-corrected chi connectivity index (χ3v) is 3.21. The molecule has 0 spiro atoms. The van der Waals surface area contributed by atoms with E-state index in [0.29, 0.717) is 0 Å². The Morgan fingerprint density at radius 1 is 1.39 bits per heavy atom. The van der Waals surface area contributed by atoms with Crippen LogP contribution in [0.2, 0.25) is 0 Å². The van der Waals surface area contributed by atoms with Crippen LogP contribution in [-0.4, -0.2) is 31.8 Å². The molecule has 1 aliphatic rings. The fraction of sp³-hybridized carbons (Fsp3) is 0.357. The van der Waals surface area contributed by atoms with Crippen molar-refractivity contribution in [2.24, 2.45) is 0 Å². The number of rotatable bonds is 2. The number of pyridine rings is 1. The maximum atomic E-state index is 5.74. The Morgan fingerprint density at radius 2 is 2.33 bits per heavy atom. The molecule has 2 aromatic rings. The van der Waals surface area contributed by atoms with Gasteiger partial charge < -0.3 is 14.8 Å². The number of methoxy groups -OCH3 is 1. The minimum absolute atomic E-state index is 0.0989. The van der Waals surface area contributed by atoms with Gasteiger partial charge in [-0.3, -0.25) is 4.98 Å². The maximum Gasteiger partial charge on any atom is 0.119 e. The predicted octanol–water partition coefficient (Wildman–Crippen LogP) is 1.90. The average Bonchev–Trinajstić information content (AvgIpc) is 2.47. The zero-order valence-electron chi connectivity index (χ0n) is 10.3. The van der Waals surface area contributed by atoms with Crippen molar-refractivity contribution < 1.29 is 9.47 Å². The van der Waals surface area contributed by atoms with Crippen LogP contribution in [0.25, 0.3) is 10.9 Å². The number of nitrogens with zero attached hydrogens (tertiary/aromatic N) is 1. The summed E-state index contributed by atoms with van der Waals surface area (Å²) in [6.07, 6.45) is 1.99. The van der Waals surface area contributed by atoms with E-state index in [9.17, 15) is 0 Å². The highest BCUT2D eigenvalue weighted by molar-refractivity contribution is 5.80. The number of hydrogen-bond donors (Lipinski definition) is 1. The molecule has 1 aromatic carbocycles. The summed E-state index contributed by atoms with van der Waals surface area (Å²) in [5.74, 6) is 0.851. The normalized spacial score (nSPS) is 19.9. The molecule has 1 fully saturated rings. The molecule has 0 saturated carbocycles. The summed E-state index contributed by atoms with van der Waals surface area (Å²) in [6.45, 7) is 2.52. The standard InChI is InChI=1S/C14H16N2O2/c1-17-12-2-3-13-10(7-12)6-11(8-16-13)14-9-15-4-5-18-14/h2-3,6-8,14-15H,4-5,9H2,1H3. The van der Waals surface area contributed by atoms with E-state index in [0.717, 1.165) is 41.9 Å². The molecule has 4 heteroatoms. The van der Waals surface area contributed by atoms with Gasteiger partial charge in [0.25, 0.3) is 0 Å². The molecule has 1 unspecified atom stereocenters. The summed E-state index contributed by atoms with van der Waals surface area (Å²) in [5, 5.41) is 4.41. The van der Waals surface area contributed by atoms with Gasteiger partial charge in [0.1, 0.15) is 5.75 Å². The second kappa shape index (κ2) is 4.92. The molecule has 18 heavy (non-hydrogen) atoms. The lowest BCUT2D eigenvalue weighted by molar-refractivity contribution is 0.0276. The van der Waals surface area contributed by atoms with Gasteiger partial charge in [-0.25, -0.2) is 0 Å². The zero-order chi connectivity index (χ0) is 12.4. The van der Waals surface area contributed by atoms with Gasteiger partial charge >= 0.3 is 0 Å². The molecule has 1 atom stereocenters. The smallest absolute Gasteiger partial charge is 0.119 e. The number of aromatic nitrogens is 1. The van der Waals surface area contributed by atoms with Crippen molar-refractivity contribution in [2.45, 2.75) is 6.10 Å². The molecular formula is C14H16N2O2. The summed E-state index contributed by atoms with van der Waals surface area (Å²) in [7, 11) is 1.67. The molecule has 1 N–H and O–H groups in total. The first-order chi connectivity index (χ1) is 8.86. The minimum Gasteiger partial charge on any atom is -0.497 e. The average molecular weight is 244 g/mol. The van der Waals surface area contributed by atoms with Crippen molar-refractivity contribution in [3.8, 4) is 5.75 Å². The van der Waals surface area contributed by atoms with Crippen LogP contribution in [0.3, 0.4) is 0 Å². The molecule has 0 bridgehead atoms. The lowest BCUT2D eigenvalue weighted by atomic mass is 10.1. The first kappa shape index (κ1) is 11.4. The van der Waals surface area contributed by atoms with E-state index >= 15 is 0 Å². The lowest BCUT2D eigenvalue weighted by Crippen LogP contribution is -2.33. The van der Waals surface area contributed by atoms with Crippen LogP contribution in [-0.2, 0) is 4.74 Å². The first-order valence-electron chi connectivity index (χ1n) is 6.13. The molecule has 4 nitrogen and oxygen atoms in total. The number of nitrogens with one attached hydrogen (secondary N) is 1. The fourth-order valence-electron chi connectivity index (χ4n) is 2.21. The lowest BCUT2D eigenvalue weighted by Gasteiger charge is -2.23. The highest BCUT2D eigenvalue weighted by atomic mass is 16.5. The van der Waals surface area contributed by atoms with Crippen LogP contribution in [0.15, 0.2) is 30.5 Å². The Bertz CT molecular complexity index is 550. The number of benzene rings is 1. The van der Waals surface area contributed by atoms with E-state index in [4.69, 9.17) is 9.47 Å². The van der Waals surface area contributed by atoms with Gasteiger partial charge in [-0.2, -0.15) is 0 Å². The van der Waals surface area contributed by atoms with Crippen LogP contribution < -0.4 is 10.1 Å². The first-order valence-corrected chi connectivity index (χ1v) is 6.13. The Balaban J connectivity index is 1.97. The van der Waals surface area contributed by atoms with Crippen molar-refractivity contribution in [3.63, 3.8) is 0 Å². The number of hydrogen-bond acceptors (Lipinski definition) is 4. The number of fused-ring (bicyclic) bond motifs is 1. The fourth-order valence-corrected chi connectivity index (χ4v) is 2.21. The van der Waals surface area contributed by atoms with Crippen LogP contribution in [0, 0.1) is 0 Å². The van der Waals surface area contributed by atoms with Crippen molar-refractivity contribution in [1.82, 2.24) is 10.3 Å². The van der Waals surface area contributed by atoms with Crippen molar-refractivity contribution in [3.05, 3.63) is 36.0 Å². The summed E-state index contributed by atoms with van der Waals surface area (Å²) in [4.78, 5) is 4.47. The van der Waals surface area contributed by atoms with Crippen molar-refractivity contribution >= 4 is 10.9 Å². The van der Waals surface area contributed by atoms with Crippen LogP contribution >= 0.6 is 0 Å². The molecular weight excluding hydrogens is 228 g/mol. The molecule has 0 amide bonds. The van der Waals surface area contributed by atoms with E-state index in [1.165, 1.54) is 0 Å². The van der Waals surface area contributed by atoms with Gasteiger partial charge in [-0.15, -0.1) is 0 Å². The van der Waals surface area contributed by atoms with Gasteiger partial charge in [0.2, 0.25) is 0 Å². The van der Waals surface area contributed by atoms with E-state index in [-0.39, 0.29) is 6.10 Å². The highest BCUT2D eigenvalue weighted by Gasteiger charge is 2.16. The van der Waals surface area contributed by atoms with Crippen molar-refractivity contribution in [1.29, 1.82) is 0 Å². The van der Waals surface area contributed by atoms with Crippen LogP contribution in [0.1, 0.15) is 11.7 Å². The van der Waals surface area contributed by atoms with Crippen LogP contribution in [0.5, 0.6) is 5.75 Å². The topological polar surface area (TPSA) is 43.4 Å². The summed E-state index contributed by atoms with van der Waals surface area (Å²) in [5.41, 5.74) is 2.09. The molecule has 1 aliphatic heterocycles. The largest absolute Gasteiger partial charge is 0.497 e. The SMILES string of the molecule is COc1ccc2ncc(C3CNCCO3)cc2c1. The predicted molar refractivity (Wildman–Crippen MR) is 69.9 cm³/mol. The number of ether oxygens (including phenoxy) is 2. The Kier molecular flexibility index (Phi) is 3.13. The Morgan fingerprint density at radius 3 is 3.11 bits per heavy atom. The van der Waals surface area contributed by atoms with Gasteiger partial charge in [0.15, 0.2) is 0 Å². The molecule has 0 radical (unpaired) electrons. The zero-order valence-corrected chi connectivity index (χ0v) is 10.3. The molecule has 2 heterocycles. The Hall–Kier alpha value is -1.65.